The van der Waals surface area contributed by atoms with E-state index in [0.717, 1.165) is 18.4 Å². The van der Waals surface area contributed by atoms with Gasteiger partial charge < -0.3 is 5.32 Å². The maximum atomic E-state index is 13.1. The lowest BCUT2D eigenvalue weighted by molar-refractivity contribution is -0.126. The monoisotopic (exact) mass is 559 g/mol. The van der Waals surface area contributed by atoms with Gasteiger partial charge in [-0.15, -0.1) is 0 Å². The molecular weight excluding hydrogens is 533 g/mol. The van der Waals surface area contributed by atoms with Crippen molar-refractivity contribution in [2.75, 3.05) is 26.2 Å². The minimum absolute atomic E-state index is 0.0457. The molecule has 2 saturated heterocycles. The van der Waals surface area contributed by atoms with Crippen LogP contribution < -0.4 is 5.32 Å². The molecule has 0 unspecified atom stereocenters. The van der Waals surface area contributed by atoms with E-state index in [-0.39, 0.29) is 38.8 Å². The maximum absolute atomic E-state index is 13.1. The van der Waals surface area contributed by atoms with Gasteiger partial charge in [0.1, 0.15) is 4.90 Å². The number of carbonyl (C=O) groups excluding carboxylic acids is 1. The molecule has 35 heavy (non-hydrogen) atoms. The molecule has 190 valence electrons. The van der Waals surface area contributed by atoms with Gasteiger partial charge in [-0.25, -0.2) is 16.8 Å². The molecule has 12 heteroatoms. The van der Waals surface area contributed by atoms with Crippen molar-refractivity contribution in [1.29, 1.82) is 0 Å². The first-order valence-corrected chi connectivity index (χ1v) is 15.0. The number of nitrogens with one attached hydrogen (secondary N) is 1. The van der Waals surface area contributed by atoms with E-state index in [1.165, 1.54) is 26.8 Å². The van der Waals surface area contributed by atoms with Crippen LogP contribution in [0.15, 0.2) is 52.3 Å². The number of nitrogens with zero attached hydrogens (tertiary/aromatic N) is 2. The number of hydrogen-bond acceptors (Lipinski definition) is 5. The topological polar surface area (TPSA) is 104 Å². The fourth-order valence-electron chi connectivity index (χ4n) is 4.38. The molecule has 4 rings (SSSR count). The van der Waals surface area contributed by atoms with Gasteiger partial charge in [-0.05, 0) is 61.6 Å². The summed E-state index contributed by atoms with van der Waals surface area (Å²) in [7, 11) is -7.39. The molecule has 0 aliphatic carbocycles. The predicted octanol–water partition coefficient (Wildman–Crippen LogP) is 3.50. The molecule has 0 spiro atoms. The third kappa shape index (κ3) is 5.84. The second-order valence-electron chi connectivity index (χ2n) is 8.75. The van der Waals surface area contributed by atoms with Gasteiger partial charge in [0.25, 0.3) is 0 Å². The smallest absolute Gasteiger partial charge is 0.244 e. The van der Waals surface area contributed by atoms with Crippen molar-refractivity contribution >= 4 is 49.2 Å². The Kier molecular flexibility index (Phi) is 8.09. The highest BCUT2D eigenvalue weighted by Crippen LogP contribution is 2.30. The molecular formula is C23H27Cl2N3O5S2. The Morgan fingerprint density at radius 1 is 0.886 bits per heavy atom. The summed E-state index contributed by atoms with van der Waals surface area (Å²) in [6.45, 7) is 1.63. The lowest BCUT2D eigenvalue weighted by atomic mass is 9.99. The largest absolute Gasteiger partial charge is 0.352 e. The predicted molar refractivity (Wildman–Crippen MR) is 134 cm³/mol. The van der Waals surface area contributed by atoms with Crippen LogP contribution in [0.3, 0.4) is 0 Å². The van der Waals surface area contributed by atoms with E-state index in [9.17, 15) is 21.6 Å². The van der Waals surface area contributed by atoms with E-state index in [0.29, 0.717) is 32.5 Å². The van der Waals surface area contributed by atoms with Crippen LogP contribution in [0.1, 0.15) is 31.2 Å². The molecule has 1 atom stereocenters. The fourth-order valence-corrected chi connectivity index (χ4v) is 8.16. The lowest BCUT2D eigenvalue weighted by Gasteiger charge is -2.31. The Hall–Kier alpha value is -1.69. The quantitative estimate of drug-likeness (QED) is 0.559. The number of rotatable bonds is 7. The van der Waals surface area contributed by atoms with Crippen LogP contribution in [-0.2, 0) is 31.4 Å². The summed E-state index contributed by atoms with van der Waals surface area (Å²) >= 11 is 12.1. The molecule has 2 fully saturated rings. The molecule has 2 aromatic rings. The SMILES string of the molecule is O=C(NCc1ccc(S(=O)(=O)N2CCCC2)cc1)[C@H]1CCCN(S(=O)(=O)c2cc(Cl)ccc2Cl)C1. The second-order valence-corrected chi connectivity index (χ2v) is 13.4. The average molecular weight is 561 g/mol. The van der Waals surface area contributed by atoms with Crippen LogP contribution in [0.2, 0.25) is 10.0 Å². The number of hydrogen-bond donors (Lipinski definition) is 1. The van der Waals surface area contributed by atoms with E-state index in [1.807, 2.05) is 0 Å². The highest BCUT2D eigenvalue weighted by Gasteiger charge is 2.34. The summed E-state index contributed by atoms with van der Waals surface area (Å²) in [6.07, 6.45) is 2.84. The van der Waals surface area contributed by atoms with Crippen molar-refractivity contribution in [3.05, 3.63) is 58.1 Å². The molecule has 2 heterocycles. The zero-order chi connectivity index (χ0) is 25.2. The number of amides is 1. The number of sulfonamides is 2. The molecule has 0 radical (unpaired) electrons. The van der Waals surface area contributed by atoms with Gasteiger partial charge in [-0.2, -0.15) is 8.61 Å². The first-order valence-electron chi connectivity index (χ1n) is 11.4. The Bertz CT molecular complexity index is 1290. The Labute approximate surface area is 216 Å². The molecule has 2 aliphatic rings. The number of piperidine rings is 1. The van der Waals surface area contributed by atoms with Crippen LogP contribution in [0.4, 0.5) is 0 Å². The first kappa shape index (κ1) is 26.4. The van der Waals surface area contributed by atoms with Gasteiger partial charge in [0.05, 0.1) is 15.8 Å². The van der Waals surface area contributed by atoms with Crippen LogP contribution in [0.5, 0.6) is 0 Å². The summed E-state index contributed by atoms with van der Waals surface area (Å²) in [5.74, 6) is -0.762. The number of carbonyl (C=O) groups is 1. The van der Waals surface area contributed by atoms with Crippen molar-refractivity contribution < 1.29 is 21.6 Å². The second kappa shape index (κ2) is 10.7. The van der Waals surface area contributed by atoms with Crippen LogP contribution in [0.25, 0.3) is 0 Å². The van der Waals surface area contributed by atoms with Gasteiger partial charge in [-0.1, -0.05) is 35.3 Å². The minimum atomic E-state index is -3.90. The van der Waals surface area contributed by atoms with Crippen molar-refractivity contribution in [1.82, 2.24) is 13.9 Å². The summed E-state index contributed by atoms with van der Waals surface area (Å²) in [6, 6.07) is 10.7. The Morgan fingerprint density at radius 3 is 2.23 bits per heavy atom. The zero-order valence-electron chi connectivity index (χ0n) is 19.0. The molecule has 0 saturated carbocycles. The average Bonchev–Trinajstić information content (AvgIpc) is 3.40. The van der Waals surface area contributed by atoms with Gasteiger partial charge in [0.2, 0.25) is 26.0 Å². The lowest BCUT2D eigenvalue weighted by Crippen LogP contribution is -2.45. The maximum Gasteiger partial charge on any atom is 0.244 e. The van der Waals surface area contributed by atoms with E-state index < -0.39 is 26.0 Å². The van der Waals surface area contributed by atoms with Gasteiger partial charge in [-0.3, -0.25) is 4.79 Å². The fraction of sp³-hybridized carbons (Fsp3) is 0.435. The highest BCUT2D eigenvalue weighted by molar-refractivity contribution is 7.89. The van der Waals surface area contributed by atoms with Crippen LogP contribution in [-0.4, -0.2) is 57.5 Å². The molecule has 1 N–H and O–H groups in total. The molecule has 2 aliphatic heterocycles. The molecule has 0 bridgehead atoms. The van der Waals surface area contributed by atoms with E-state index in [4.69, 9.17) is 23.2 Å². The third-order valence-corrected chi connectivity index (χ3v) is 10.9. The molecule has 1 amide bonds. The van der Waals surface area contributed by atoms with E-state index in [2.05, 4.69) is 5.32 Å². The summed E-state index contributed by atoms with van der Waals surface area (Å²) < 4.78 is 54.3. The van der Waals surface area contributed by atoms with E-state index in [1.54, 1.807) is 24.3 Å². The summed E-state index contributed by atoms with van der Waals surface area (Å²) in [5, 5.41) is 3.19. The van der Waals surface area contributed by atoms with Gasteiger partial charge >= 0.3 is 0 Å². The molecule has 8 nitrogen and oxygen atoms in total. The highest BCUT2D eigenvalue weighted by atomic mass is 35.5. The molecule has 2 aromatic carbocycles. The van der Waals surface area contributed by atoms with E-state index >= 15 is 0 Å². The van der Waals surface area contributed by atoms with Crippen LogP contribution in [0, 0.1) is 5.92 Å². The number of halogens is 2. The summed E-state index contributed by atoms with van der Waals surface area (Å²) in [4.78, 5) is 13.0. The Balaban J connectivity index is 1.37. The Morgan fingerprint density at radius 2 is 1.54 bits per heavy atom. The zero-order valence-corrected chi connectivity index (χ0v) is 22.1. The summed E-state index contributed by atoms with van der Waals surface area (Å²) in [5.41, 5.74) is 0.754. The van der Waals surface area contributed by atoms with Crippen molar-refractivity contribution in [2.45, 2.75) is 42.0 Å². The van der Waals surface area contributed by atoms with Crippen molar-refractivity contribution in [3.63, 3.8) is 0 Å². The number of benzene rings is 2. The normalized spacial score (nSPS) is 20.1. The first-order chi connectivity index (χ1) is 16.6. The van der Waals surface area contributed by atoms with Crippen LogP contribution >= 0.6 is 23.2 Å². The van der Waals surface area contributed by atoms with Crippen molar-refractivity contribution in [2.24, 2.45) is 5.92 Å². The van der Waals surface area contributed by atoms with Gasteiger partial charge in [0, 0.05) is 37.7 Å². The molecule has 0 aromatic heterocycles. The minimum Gasteiger partial charge on any atom is -0.352 e. The van der Waals surface area contributed by atoms with Gasteiger partial charge in [0.15, 0.2) is 0 Å². The van der Waals surface area contributed by atoms with Crippen molar-refractivity contribution in [3.8, 4) is 0 Å². The standard InChI is InChI=1S/C23H27Cl2N3O5S2/c24-19-7-10-21(25)22(14-19)35(32,33)28-13-3-4-18(16-28)23(29)26-15-17-5-8-20(9-6-17)34(30,31)27-11-1-2-12-27/h5-10,14,18H,1-4,11-13,15-16H2,(H,26,29)/t18-/m0/s1. The third-order valence-electron chi connectivity index (χ3n) is 6.36.